The molecule has 4 rings (SSSR count). The Bertz CT molecular complexity index is 985. The normalized spacial score (nSPS) is 16.3. The van der Waals surface area contributed by atoms with Gasteiger partial charge in [-0.1, -0.05) is 34.8 Å². The van der Waals surface area contributed by atoms with E-state index >= 15 is 0 Å². The minimum atomic E-state index is -0.359. The van der Waals surface area contributed by atoms with Crippen LogP contribution >= 0.6 is 15.9 Å². The fourth-order valence-electron chi connectivity index (χ4n) is 3.98. The van der Waals surface area contributed by atoms with Crippen molar-refractivity contribution in [3.8, 4) is 0 Å². The Morgan fingerprint density at radius 1 is 1.00 bits per heavy atom. The SMILES string of the molecule is O=C(CCN1C(=O)c2ccc(Br)cc2C1=O)NCc1ccc(N2CCCCCC2)nc1. The molecule has 0 atom stereocenters. The predicted molar refractivity (Wildman–Crippen MR) is 121 cm³/mol. The first-order valence-electron chi connectivity index (χ1n) is 10.7. The van der Waals surface area contributed by atoms with Crippen LogP contribution in [0, 0.1) is 0 Å². The number of aromatic nitrogens is 1. The van der Waals surface area contributed by atoms with E-state index in [2.05, 4.69) is 31.1 Å². The number of carbonyl (C=O) groups is 3. The molecule has 1 aromatic heterocycles. The van der Waals surface area contributed by atoms with Gasteiger partial charge < -0.3 is 10.2 Å². The summed E-state index contributed by atoms with van der Waals surface area (Å²) in [6.07, 6.45) is 6.81. The average molecular weight is 485 g/mol. The van der Waals surface area contributed by atoms with Gasteiger partial charge in [0.2, 0.25) is 5.91 Å². The van der Waals surface area contributed by atoms with Gasteiger partial charge in [-0.25, -0.2) is 4.98 Å². The lowest BCUT2D eigenvalue weighted by atomic mass is 10.1. The number of rotatable bonds is 6. The highest BCUT2D eigenvalue weighted by Gasteiger charge is 2.35. The Hall–Kier alpha value is -2.74. The molecule has 0 radical (unpaired) electrons. The van der Waals surface area contributed by atoms with E-state index in [4.69, 9.17) is 0 Å². The van der Waals surface area contributed by atoms with Crippen LogP contribution in [-0.2, 0) is 11.3 Å². The summed E-state index contributed by atoms with van der Waals surface area (Å²) in [4.78, 5) is 45.2. The van der Waals surface area contributed by atoms with Crippen LogP contribution < -0.4 is 10.2 Å². The van der Waals surface area contributed by atoms with Crippen molar-refractivity contribution in [2.75, 3.05) is 24.5 Å². The zero-order valence-electron chi connectivity index (χ0n) is 17.3. The van der Waals surface area contributed by atoms with Crippen molar-refractivity contribution < 1.29 is 14.4 Å². The summed E-state index contributed by atoms with van der Waals surface area (Å²) in [6.45, 7) is 2.50. The minimum absolute atomic E-state index is 0.0575. The molecule has 0 unspecified atom stereocenters. The number of anilines is 1. The molecule has 3 heterocycles. The highest BCUT2D eigenvalue weighted by atomic mass is 79.9. The number of imide groups is 1. The lowest BCUT2D eigenvalue weighted by Crippen LogP contribution is -2.34. The third kappa shape index (κ3) is 4.95. The second kappa shape index (κ2) is 9.60. The monoisotopic (exact) mass is 484 g/mol. The molecule has 2 aromatic rings. The summed E-state index contributed by atoms with van der Waals surface area (Å²) in [5.41, 5.74) is 1.66. The molecular formula is C23H25BrN4O3. The fourth-order valence-corrected chi connectivity index (χ4v) is 4.34. The van der Waals surface area contributed by atoms with Gasteiger partial charge in [-0.3, -0.25) is 19.3 Å². The number of fused-ring (bicyclic) bond motifs is 1. The first kappa shape index (κ1) is 21.5. The third-order valence-corrected chi connectivity index (χ3v) is 6.22. The summed E-state index contributed by atoms with van der Waals surface area (Å²) >= 11 is 3.31. The van der Waals surface area contributed by atoms with Crippen molar-refractivity contribution in [2.45, 2.75) is 38.6 Å². The Labute approximate surface area is 189 Å². The quantitative estimate of drug-likeness (QED) is 0.634. The number of benzene rings is 1. The number of hydrogen-bond donors (Lipinski definition) is 1. The summed E-state index contributed by atoms with van der Waals surface area (Å²) in [5, 5.41) is 2.84. The highest BCUT2D eigenvalue weighted by Crippen LogP contribution is 2.26. The van der Waals surface area contributed by atoms with Crippen molar-refractivity contribution in [2.24, 2.45) is 0 Å². The van der Waals surface area contributed by atoms with E-state index in [0.29, 0.717) is 17.7 Å². The number of amides is 3. The topological polar surface area (TPSA) is 82.6 Å². The molecule has 7 nitrogen and oxygen atoms in total. The van der Waals surface area contributed by atoms with E-state index in [1.165, 1.54) is 25.7 Å². The molecule has 0 aliphatic carbocycles. The van der Waals surface area contributed by atoms with E-state index in [1.54, 1.807) is 24.4 Å². The van der Waals surface area contributed by atoms with Gasteiger partial charge in [0, 0.05) is 43.3 Å². The largest absolute Gasteiger partial charge is 0.357 e. The van der Waals surface area contributed by atoms with Gasteiger partial charge in [0.15, 0.2) is 0 Å². The Morgan fingerprint density at radius 3 is 2.45 bits per heavy atom. The van der Waals surface area contributed by atoms with Crippen molar-refractivity contribution in [1.29, 1.82) is 0 Å². The maximum Gasteiger partial charge on any atom is 0.261 e. The van der Waals surface area contributed by atoms with Crippen molar-refractivity contribution in [3.05, 3.63) is 57.7 Å². The first-order valence-corrected chi connectivity index (χ1v) is 11.4. The smallest absolute Gasteiger partial charge is 0.261 e. The number of halogens is 1. The van der Waals surface area contributed by atoms with Crippen molar-refractivity contribution >= 4 is 39.5 Å². The van der Waals surface area contributed by atoms with Gasteiger partial charge in [0.25, 0.3) is 11.8 Å². The number of hydrogen-bond acceptors (Lipinski definition) is 5. The number of carbonyl (C=O) groups excluding carboxylic acids is 3. The van der Waals surface area contributed by atoms with Crippen LogP contribution in [0.4, 0.5) is 5.82 Å². The molecule has 0 spiro atoms. The Morgan fingerprint density at radius 2 is 1.74 bits per heavy atom. The number of nitrogens with one attached hydrogen (secondary N) is 1. The van der Waals surface area contributed by atoms with Crippen molar-refractivity contribution in [1.82, 2.24) is 15.2 Å². The summed E-state index contributed by atoms with van der Waals surface area (Å²) in [6, 6.07) is 8.98. The number of nitrogens with zero attached hydrogens (tertiary/aromatic N) is 3. The Balaban J connectivity index is 1.26. The summed E-state index contributed by atoms with van der Waals surface area (Å²) in [5.74, 6) is 0.0552. The van der Waals surface area contributed by atoms with Gasteiger partial charge >= 0.3 is 0 Å². The Kier molecular flexibility index (Phi) is 6.65. The van der Waals surface area contributed by atoms with E-state index in [-0.39, 0.29) is 30.7 Å². The molecule has 1 saturated heterocycles. The van der Waals surface area contributed by atoms with Gasteiger partial charge in [-0.15, -0.1) is 0 Å². The van der Waals surface area contributed by atoms with Crippen LogP contribution in [0.5, 0.6) is 0 Å². The molecule has 162 valence electrons. The van der Waals surface area contributed by atoms with Crippen LogP contribution in [-0.4, -0.2) is 47.2 Å². The highest BCUT2D eigenvalue weighted by molar-refractivity contribution is 9.10. The summed E-state index contributed by atoms with van der Waals surface area (Å²) < 4.78 is 0.738. The average Bonchev–Trinajstić information content (AvgIpc) is 2.96. The van der Waals surface area contributed by atoms with Crippen LogP contribution in [0.1, 0.15) is 58.4 Å². The molecule has 3 amide bonds. The third-order valence-electron chi connectivity index (χ3n) is 5.72. The second-order valence-electron chi connectivity index (χ2n) is 7.90. The van der Waals surface area contributed by atoms with Gasteiger partial charge in [0.05, 0.1) is 11.1 Å². The van der Waals surface area contributed by atoms with Crippen LogP contribution in [0.15, 0.2) is 41.0 Å². The lowest BCUT2D eigenvalue weighted by Gasteiger charge is -2.21. The second-order valence-corrected chi connectivity index (χ2v) is 8.82. The standard InChI is InChI=1S/C23H25BrN4O3/c24-17-6-7-18-19(13-17)23(31)28(22(18)30)12-9-21(29)26-15-16-5-8-20(25-14-16)27-10-3-1-2-4-11-27/h5-8,13-14H,1-4,9-12,15H2,(H,26,29). The van der Waals surface area contributed by atoms with Crippen LogP contribution in [0.3, 0.4) is 0 Å². The molecule has 0 saturated carbocycles. The van der Waals surface area contributed by atoms with Crippen LogP contribution in [0.25, 0.3) is 0 Å². The molecule has 31 heavy (non-hydrogen) atoms. The maximum absolute atomic E-state index is 12.5. The molecule has 2 aliphatic heterocycles. The minimum Gasteiger partial charge on any atom is -0.357 e. The van der Waals surface area contributed by atoms with Crippen molar-refractivity contribution in [3.63, 3.8) is 0 Å². The first-order chi connectivity index (χ1) is 15.0. The zero-order valence-corrected chi connectivity index (χ0v) is 18.9. The molecule has 2 aliphatic rings. The van der Waals surface area contributed by atoms with Crippen LogP contribution in [0.2, 0.25) is 0 Å². The molecule has 0 bridgehead atoms. The molecule has 1 fully saturated rings. The predicted octanol–water partition coefficient (Wildman–Crippen LogP) is 3.53. The van der Waals surface area contributed by atoms with Gasteiger partial charge in [0.1, 0.15) is 5.82 Å². The van der Waals surface area contributed by atoms with E-state index in [0.717, 1.165) is 33.8 Å². The van der Waals surface area contributed by atoms with E-state index in [1.807, 2.05) is 12.1 Å². The van der Waals surface area contributed by atoms with E-state index < -0.39 is 0 Å². The molecular weight excluding hydrogens is 460 g/mol. The molecule has 1 N–H and O–H groups in total. The zero-order chi connectivity index (χ0) is 21.8. The van der Waals surface area contributed by atoms with Gasteiger partial charge in [-0.05, 0) is 42.7 Å². The lowest BCUT2D eigenvalue weighted by molar-refractivity contribution is -0.121. The van der Waals surface area contributed by atoms with E-state index in [9.17, 15) is 14.4 Å². The molecule has 1 aromatic carbocycles. The summed E-state index contributed by atoms with van der Waals surface area (Å²) in [7, 11) is 0. The number of pyridine rings is 1. The maximum atomic E-state index is 12.5. The van der Waals surface area contributed by atoms with Gasteiger partial charge in [-0.2, -0.15) is 0 Å². The fraction of sp³-hybridized carbons (Fsp3) is 0.391. The molecule has 8 heteroatoms.